The van der Waals surface area contributed by atoms with Gasteiger partial charge in [0.1, 0.15) is 11.3 Å². The Hall–Kier alpha value is -3.09. The van der Waals surface area contributed by atoms with Crippen molar-refractivity contribution in [3.05, 3.63) is 60.6 Å². The first-order valence-electron chi connectivity index (χ1n) is 8.32. The van der Waals surface area contributed by atoms with Crippen molar-refractivity contribution < 1.29 is 0 Å². The minimum atomic E-state index is 0.462. The molecule has 0 amide bonds. The van der Waals surface area contributed by atoms with E-state index in [4.69, 9.17) is 4.98 Å². The van der Waals surface area contributed by atoms with E-state index in [2.05, 4.69) is 38.5 Å². The summed E-state index contributed by atoms with van der Waals surface area (Å²) in [5.74, 6) is 1.99. The van der Waals surface area contributed by atoms with Gasteiger partial charge in [-0.2, -0.15) is 5.10 Å². The van der Waals surface area contributed by atoms with Gasteiger partial charge in [-0.1, -0.05) is 19.9 Å². The first kappa shape index (κ1) is 15.4. The van der Waals surface area contributed by atoms with E-state index in [0.29, 0.717) is 12.3 Å². The average Bonchev–Trinajstić information content (AvgIpc) is 3.24. The molecule has 0 radical (unpaired) electrons. The predicted octanol–water partition coefficient (Wildman–Crippen LogP) is 2.65. The van der Waals surface area contributed by atoms with Gasteiger partial charge in [0.2, 0.25) is 5.95 Å². The minimum Gasteiger partial charge on any atom is -0.293 e. The Bertz CT molecular complexity index is 972. The van der Waals surface area contributed by atoms with Gasteiger partial charge in [-0.25, -0.2) is 19.6 Å². The van der Waals surface area contributed by atoms with E-state index in [1.54, 1.807) is 23.3 Å². The number of pyridine rings is 1. The number of imidazole rings is 1. The molecule has 7 heteroatoms. The van der Waals surface area contributed by atoms with Crippen LogP contribution in [-0.4, -0.2) is 34.3 Å². The van der Waals surface area contributed by atoms with Gasteiger partial charge in [0.15, 0.2) is 5.65 Å². The van der Waals surface area contributed by atoms with Crippen LogP contribution in [-0.2, 0) is 13.0 Å². The Morgan fingerprint density at radius 2 is 2.00 bits per heavy atom. The molecule has 4 aromatic rings. The van der Waals surface area contributed by atoms with E-state index >= 15 is 0 Å². The van der Waals surface area contributed by atoms with Gasteiger partial charge >= 0.3 is 0 Å². The van der Waals surface area contributed by atoms with Crippen molar-refractivity contribution in [2.24, 2.45) is 5.92 Å². The molecule has 7 nitrogen and oxygen atoms in total. The molecule has 126 valence electrons. The van der Waals surface area contributed by atoms with Crippen LogP contribution in [0.15, 0.2) is 49.2 Å². The lowest BCUT2D eigenvalue weighted by Crippen LogP contribution is -2.12. The number of aromatic nitrogens is 7. The molecule has 4 rings (SSSR count). The minimum absolute atomic E-state index is 0.462. The van der Waals surface area contributed by atoms with Crippen LogP contribution < -0.4 is 0 Å². The topological polar surface area (TPSA) is 74.3 Å². The molecule has 0 N–H and O–H groups in total. The summed E-state index contributed by atoms with van der Waals surface area (Å²) >= 11 is 0. The van der Waals surface area contributed by atoms with Crippen LogP contribution in [0, 0.1) is 5.92 Å². The van der Waals surface area contributed by atoms with Gasteiger partial charge in [0.05, 0.1) is 6.20 Å². The van der Waals surface area contributed by atoms with Crippen LogP contribution in [0.25, 0.3) is 17.1 Å². The van der Waals surface area contributed by atoms with Crippen LogP contribution in [0.4, 0.5) is 0 Å². The molecule has 0 aliphatic carbocycles. The summed E-state index contributed by atoms with van der Waals surface area (Å²) in [6.45, 7) is 5.17. The van der Waals surface area contributed by atoms with E-state index in [0.717, 1.165) is 35.0 Å². The molecular weight excluding hydrogens is 314 g/mol. The number of hydrogen-bond donors (Lipinski definition) is 0. The molecular formula is C18H19N7. The van der Waals surface area contributed by atoms with Crippen LogP contribution in [0.1, 0.15) is 25.2 Å². The third-order valence-electron chi connectivity index (χ3n) is 3.86. The molecule has 0 aliphatic heterocycles. The third kappa shape index (κ3) is 3.13. The Balaban J connectivity index is 1.80. The lowest BCUT2D eigenvalue weighted by atomic mass is 10.2. The van der Waals surface area contributed by atoms with Crippen molar-refractivity contribution in [2.45, 2.75) is 26.8 Å². The summed E-state index contributed by atoms with van der Waals surface area (Å²) in [5.41, 5.74) is 2.71. The first-order valence-corrected chi connectivity index (χ1v) is 8.32. The third-order valence-corrected chi connectivity index (χ3v) is 3.86. The van der Waals surface area contributed by atoms with Crippen LogP contribution in [0.5, 0.6) is 0 Å². The summed E-state index contributed by atoms with van der Waals surface area (Å²) in [6, 6.07) is 5.84. The zero-order valence-electron chi connectivity index (χ0n) is 14.2. The van der Waals surface area contributed by atoms with Gasteiger partial charge in [-0.15, -0.1) is 0 Å². The standard InChI is InChI=1S/C18H19N7/c1-13(2)12-24-17-15(22-18(24)25-8-4-7-21-25)11-20-16(23-17)9-14-5-3-6-19-10-14/h3-8,10-11,13H,9,12H2,1-2H3. The maximum Gasteiger partial charge on any atom is 0.233 e. The van der Waals surface area contributed by atoms with Gasteiger partial charge in [0.25, 0.3) is 0 Å². The van der Waals surface area contributed by atoms with Gasteiger partial charge < -0.3 is 0 Å². The molecule has 0 aromatic carbocycles. The second-order valence-corrected chi connectivity index (χ2v) is 6.40. The number of hydrogen-bond acceptors (Lipinski definition) is 5. The van der Waals surface area contributed by atoms with Crippen molar-refractivity contribution >= 4 is 11.2 Å². The highest BCUT2D eigenvalue weighted by molar-refractivity contribution is 5.72. The molecule has 4 aromatic heterocycles. The highest BCUT2D eigenvalue weighted by atomic mass is 15.4. The molecule has 0 unspecified atom stereocenters. The molecule has 0 fully saturated rings. The fourth-order valence-electron chi connectivity index (χ4n) is 2.81. The van der Waals surface area contributed by atoms with Crippen molar-refractivity contribution in [3.8, 4) is 5.95 Å². The molecule has 0 saturated carbocycles. The second-order valence-electron chi connectivity index (χ2n) is 6.40. The molecule has 0 spiro atoms. The fraction of sp³-hybridized carbons (Fsp3) is 0.278. The largest absolute Gasteiger partial charge is 0.293 e. The quantitative estimate of drug-likeness (QED) is 0.561. The predicted molar refractivity (Wildman–Crippen MR) is 94.3 cm³/mol. The molecule has 0 atom stereocenters. The fourth-order valence-corrected chi connectivity index (χ4v) is 2.81. The molecule has 4 heterocycles. The maximum atomic E-state index is 4.77. The molecule has 0 saturated heterocycles. The zero-order chi connectivity index (χ0) is 17.2. The Morgan fingerprint density at radius 1 is 1.08 bits per heavy atom. The highest BCUT2D eigenvalue weighted by Gasteiger charge is 2.16. The molecule has 0 bridgehead atoms. The number of rotatable bonds is 5. The summed E-state index contributed by atoms with van der Waals surface area (Å²) in [5, 5.41) is 4.32. The van der Waals surface area contributed by atoms with E-state index in [-0.39, 0.29) is 0 Å². The molecule has 25 heavy (non-hydrogen) atoms. The number of fused-ring (bicyclic) bond motifs is 1. The highest BCUT2D eigenvalue weighted by Crippen LogP contribution is 2.19. The molecule has 0 aliphatic rings. The van der Waals surface area contributed by atoms with Crippen molar-refractivity contribution in [1.29, 1.82) is 0 Å². The SMILES string of the molecule is CC(C)Cn1c(-n2cccn2)nc2cnc(Cc3cccnc3)nc21. The van der Waals surface area contributed by atoms with E-state index in [1.165, 1.54) is 0 Å². The smallest absolute Gasteiger partial charge is 0.233 e. The first-order chi connectivity index (χ1) is 12.2. The Kier molecular flexibility index (Phi) is 3.97. The summed E-state index contributed by atoms with van der Waals surface area (Å²) in [6.07, 6.45) is 9.68. The van der Waals surface area contributed by atoms with E-state index in [1.807, 2.05) is 30.6 Å². The van der Waals surface area contributed by atoms with Gasteiger partial charge in [-0.05, 0) is 23.6 Å². The number of nitrogens with zero attached hydrogens (tertiary/aromatic N) is 7. The van der Waals surface area contributed by atoms with Gasteiger partial charge in [0, 0.05) is 37.8 Å². The van der Waals surface area contributed by atoms with Gasteiger partial charge in [-0.3, -0.25) is 9.55 Å². The summed E-state index contributed by atoms with van der Waals surface area (Å²) in [7, 11) is 0. The van der Waals surface area contributed by atoms with Crippen LogP contribution >= 0.6 is 0 Å². The monoisotopic (exact) mass is 333 g/mol. The van der Waals surface area contributed by atoms with E-state index in [9.17, 15) is 0 Å². The van der Waals surface area contributed by atoms with E-state index < -0.39 is 0 Å². The summed E-state index contributed by atoms with van der Waals surface area (Å²) < 4.78 is 3.88. The van der Waals surface area contributed by atoms with Crippen molar-refractivity contribution in [2.75, 3.05) is 0 Å². The average molecular weight is 333 g/mol. The Morgan fingerprint density at radius 3 is 2.72 bits per heavy atom. The van der Waals surface area contributed by atoms with Crippen molar-refractivity contribution in [1.82, 2.24) is 34.3 Å². The Labute approximate surface area is 145 Å². The maximum absolute atomic E-state index is 4.77. The zero-order valence-corrected chi connectivity index (χ0v) is 14.2. The van der Waals surface area contributed by atoms with Crippen molar-refractivity contribution in [3.63, 3.8) is 0 Å². The van der Waals surface area contributed by atoms with Crippen LogP contribution in [0.2, 0.25) is 0 Å². The normalized spacial score (nSPS) is 11.5. The summed E-state index contributed by atoms with van der Waals surface area (Å²) in [4.78, 5) is 18.1. The van der Waals surface area contributed by atoms with Crippen LogP contribution in [0.3, 0.4) is 0 Å². The second kappa shape index (κ2) is 6.43. The lowest BCUT2D eigenvalue weighted by molar-refractivity contribution is 0.518. The lowest BCUT2D eigenvalue weighted by Gasteiger charge is -2.11.